The van der Waals surface area contributed by atoms with Crippen LogP contribution < -0.4 is 15.8 Å². The van der Waals surface area contributed by atoms with Gasteiger partial charge in [0.15, 0.2) is 5.75 Å². The first-order valence-electron chi connectivity index (χ1n) is 6.44. The van der Waals surface area contributed by atoms with Crippen molar-refractivity contribution in [2.75, 3.05) is 25.6 Å². The number of nitrogens with one attached hydrogen (secondary N) is 1. The van der Waals surface area contributed by atoms with E-state index in [0.717, 1.165) is 0 Å². The molecule has 0 fully saturated rings. The lowest BCUT2D eigenvalue weighted by molar-refractivity contribution is -0.119. The summed E-state index contributed by atoms with van der Waals surface area (Å²) in [6.45, 7) is 4.36. The highest BCUT2D eigenvalue weighted by molar-refractivity contribution is 6.32. The Morgan fingerprint density at radius 2 is 2.10 bits per heavy atom. The van der Waals surface area contributed by atoms with Crippen molar-refractivity contribution in [2.24, 2.45) is 11.7 Å². The first-order chi connectivity index (χ1) is 9.47. The third-order valence-corrected chi connectivity index (χ3v) is 3.26. The molecule has 0 aliphatic rings. The molecule has 0 aromatic heterocycles. The first kappa shape index (κ1) is 16.8. The van der Waals surface area contributed by atoms with E-state index in [-0.39, 0.29) is 17.9 Å². The third kappa shape index (κ3) is 4.67. The fourth-order valence-electron chi connectivity index (χ4n) is 1.47. The van der Waals surface area contributed by atoms with Crippen LogP contribution in [0, 0.1) is 5.92 Å². The van der Waals surface area contributed by atoms with Crippen molar-refractivity contribution < 1.29 is 14.3 Å². The summed E-state index contributed by atoms with van der Waals surface area (Å²) in [5.74, 6) is -0.0314. The molecule has 2 atom stereocenters. The summed E-state index contributed by atoms with van der Waals surface area (Å²) in [6, 6.07) is 4.96. The number of carbonyl (C=O) groups excluding carboxylic acids is 1. The molecule has 2 unspecified atom stereocenters. The lowest BCUT2D eigenvalue weighted by Gasteiger charge is -2.18. The van der Waals surface area contributed by atoms with Crippen molar-refractivity contribution in [3.05, 3.63) is 23.2 Å². The summed E-state index contributed by atoms with van der Waals surface area (Å²) in [7, 11) is 1.59. The average molecular weight is 301 g/mol. The number of methoxy groups -OCH3 is 1. The standard InChI is InChI=1S/C14H21ClN2O3/c1-9(10(2)16)14(18)17-12-6-4-5-11(15)13(12)20-8-7-19-3/h4-6,9-10H,7-8,16H2,1-3H3,(H,17,18). The second-order valence-corrected chi connectivity index (χ2v) is 5.00. The number of hydrogen-bond acceptors (Lipinski definition) is 4. The molecule has 1 amide bonds. The van der Waals surface area contributed by atoms with Gasteiger partial charge in [0, 0.05) is 13.2 Å². The quantitative estimate of drug-likeness (QED) is 0.758. The predicted molar refractivity (Wildman–Crippen MR) is 80.3 cm³/mol. The Bertz CT molecular complexity index is 452. The molecule has 1 aromatic rings. The second-order valence-electron chi connectivity index (χ2n) is 4.59. The van der Waals surface area contributed by atoms with E-state index >= 15 is 0 Å². The molecule has 0 radical (unpaired) electrons. The minimum atomic E-state index is -0.305. The minimum absolute atomic E-state index is 0.168. The molecule has 20 heavy (non-hydrogen) atoms. The van der Waals surface area contributed by atoms with Crippen LogP contribution in [0.3, 0.4) is 0 Å². The van der Waals surface area contributed by atoms with Crippen LogP contribution >= 0.6 is 11.6 Å². The Hall–Kier alpha value is -1.30. The van der Waals surface area contributed by atoms with Crippen molar-refractivity contribution in [3.8, 4) is 5.75 Å². The van der Waals surface area contributed by atoms with Gasteiger partial charge in [-0.2, -0.15) is 0 Å². The molecule has 1 aromatic carbocycles. The number of amides is 1. The van der Waals surface area contributed by atoms with Crippen molar-refractivity contribution in [3.63, 3.8) is 0 Å². The van der Waals surface area contributed by atoms with Gasteiger partial charge in [-0.15, -0.1) is 0 Å². The molecule has 0 aliphatic heterocycles. The largest absolute Gasteiger partial charge is 0.487 e. The fourth-order valence-corrected chi connectivity index (χ4v) is 1.70. The van der Waals surface area contributed by atoms with Gasteiger partial charge in [-0.1, -0.05) is 24.6 Å². The van der Waals surface area contributed by atoms with E-state index in [9.17, 15) is 4.79 Å². The number of hydrogen-bond donors (Lipinski definition) is 2. The first-order valence-corrected chi connectivity index (χ1v) is 6.81. The number of ether oxygens (including phenoxy) is 2. The monoisotopic (exact) mass is 300 g/mol. The highest BCUT2D eigenvalue weighted by Crippen LogP contribution is 2.33. The molecule has 0 heterocycles. The van der Waals surface area contributed by atoms with Crippen LogP contribution in [-0.4, -0.2) is 32.3 Å². The van der Waals surface area contributed by atoms with E-state index in [0.29, 0.717) is 29.7 Å². The zero-order chi connectivity index (χ0) is 15.1. The van der Waals surface area contributed by atoms with Gasteiger partial charge in [-0.3, -0.25) is 4.79 Å². The maximum absolute atomic E-state index is 12.0. The molecule has 3 N–H and O–H groups in total. The zero-order valence-electron chi connectivity index (χ0n) is 12.0. The van der Waals surface area contributed by atoms with Gasteiger partial charge in [0.05, 0.1) is 23.2 Å². The van der Waals surface area contributed by atoms with Crippen LogP contribution in [0.1, 0.15) is 13.8 Å². The Morgan fingerprint density at radius 3 is 2.70 bits per heavy atom. The topological polar surface area (TPSA) is 73.6 Å². The number of benzene rings is 1. The van der Waals surface area contributed by atoms with Crippen LogP contribution in [0.4, 0.5) is 5.69 Å². The highest BCUT2D eigenvalue weighted by Gasteiger charge is 2.19. The number of anilines is 1. The average Bonchev–Trinajstić information content (AvgIpc) is 2.40. The molecule has 0 saturated carbocycles. The normalized spacial score (nSPS) is 13.7. The lowest BCUT2D eigenvalue weighted by atomic mass is 10.0. The molecule has 5 nitrogen and oxygen atoms in total. The van der Waals surface area contributed by atoms with Gasteiger partial charge in [-0.25, -0.2) is 0 Å². The van der Waals surface area contributed by atoms with E-state index in [1.807, 2.05) is 0 Å². The van der Waals surface area contributed by atoms with Crippen molar-refractivity contribution in [1.29, 1.82) is 0 Å². The highest BCUT2D eigenvalue weighted by atomic mass is 35.5. The summed E-state index contributed by atoms with van der Waals surface area (Å²) in [4.78, 5) is 12.0. The number of nitrogens with two attached hydrogens (primary N) is 1. The fraction of sp³-hybridized carbons (Fsp3) is 0.500. The van der Waals surface area contributed by atoms with Crippen LogP contribution in [-0.2, 0) is 9.53 Å². The van der Waals surface area contributed by atoms with Gasteiger partial charge < -0.3 is 20.5 Å². The SMILES string of the molecule is COCCOc1c(Cl)cccc1NC(=O)C(C)C(C)N. The molecule has 1 rings (SSSR count). The third-order valence-electron chi connectivity index (χ3n) is 2.96. The molecule has 0 spiro atoms. The van der Waals surface area contributed by atoms with Crippen molar-refractivity contribution in [1.82, 2.24) is 0 Å². The molecule has 6 heteroatoms. The minimum Gasteiger partial charge on any atom is -0.487 e. The van der Waals surface area contributed by atoms with Crippen LogP contribution in [0.5, 0.6) is 5.75 Å². The van der Waals surface area contributed by atoms with E-state index in [1.165, 1.54) is 0 Å². The van der Waals surface area contributed by atoms with Crippen molar-refractivity contribution in [2.45, 2.75) is 19.9 Å². The Morgan fingerprint density at radius 1 is 1.40 bits per heavy atom. The summed E-state index contributed by atoms with van der Waals surface area (Å²) < 4.78 is 10.5. The number of halogens is 1. The summed E-state index contributed by atoms with van der Waals surface area (Å²) in [5.41, 5.74) is 6.26. The number of carbonyl (C=O) groups is 1. The van der Waals surface area contributed by atoms with Crippen LogP contribution in [0.25, 0.3) is 0 Å². The van der Waals surface area contributed by atoms with Crippen LogP contribution in [0.15, 0.2) is 18.2 Å². The van der Waals surface area contributed by atoms with Crippen molar-refractivity contribution >= 4 is 23.2 Å². The molecule has 0 aliphatic carbocycles. The maximum atomic E-state index is 12.0. The van der Waals surface area contributed by atoms with Gasteiger partial charge >= 0.3 is 0 Å². The Labute approximate surface area is 124 Å². The van der Waals surface area contributed by atoms with Gasteiger partial charge in [-0.05, 0) is 19.1 Å². The second kappa shape index (κ2) is 8.09. The van der Waals surface area contributed by atoms with E-state index < -0.39 is 0 Å². The predicted octanol–water partition coefficient (Wildman–Crippen LogP) is 2.29. The summed E-state index contributed by atoms with van der Waals surface area (Å²) in [6.07, 6.45) is 0. The molecule has 0 bridgehead atoms. The summed E-state index contributed by atoms with van der Waals surface area (Å²) >= 11 is 6.09. The molecular formula is C14H21ClN2O3. The van der Waals surface area contributed by atoms with Gasteiger partial charge in [0.2, 0.25) is 5.91 Å². The summed E-state index contributed by atoms with van der Waals surface area (Å²) in [5, 5.41) is 3.23. The molecule has 0 saturated heterocycles. The lowest BCUT2D eigenvalue weighted by Crippen LogP contribution is -2.34. The molecular weight excluding hydrogens is 280 g/mol. The van der Waals surface area contributed by atoms with Gasteiger partial charge in [0.1, 0.15) is 6.61 Å². The Balaban J connectivity index is 2.83. The van der Waals surface area contributed by atoms with Crippen LogP contribution in [0.2, 0.25) is 5.02 Å². The van der Waals surface area contributed by atoms with E-state index in [2.05, 4.69) is 5.32 Å². The van der Waals surface area contributed by atoms with E-state index in [1.54, 1.807) is 39.2 Å². The smallest absolute Gasteiger partial charge is 0.228 e. The molecule has 112 valence electrons. The van der Waals surface area contributed by atoms with Gasteiger partial charge in [0.25, 0.3) is 0 Å². The Kier molecular flexibility index (Phi) is 6.78. The number of rotatable bonds is 7. The number of para-hydroxylation sites is 1. The maximum Gasteiger partial charge on any atom is 0.228 e. The zero-order valence-corrected chi connectivity index (χ0v) is 12.7. The van der Waals surface area contributed by atoms with E-state index in [4.69, 9.17) is 26.8 Å².